The summed E-state index contributed by atoms with van der Waals surface area (Å²) in [5, 5.41) is 0. The van der Waals surface area contributed by atoms with Gasteiger partial charge in [-0.2, -0.15) is 0 Å². The number of likely N-dealkylation sites (tertiary alicyclic amines) is 1. The fraction of sp³-hybridized carbons (Fsp3) is 0.923. The van der Waals surface area contributed by atoms with Crippen LogP contribution in [0.2, 0.25) is 0 Å². The molecule has 2 N–H and O–H groups in total. The summed E-state index contributed by atoms with van der Waals surface area (Å²) in [4.78, 5) is 14.4. The van der Waals surface area contributed by atoms with Crippen molar-refractivity contribution >= 4 is 5.91 Å². The quantitative estimate of drug-likeness (QED) is 0.789. The molecule has 0 radical (unpaired) electrons. The highest BCUT2D eigenvalue weighted by Gasteiger charge is 2.39. The molecule has 2 aliphatic rings. The molecule has 2 rings (SSSR count). The van der Waals surface area contributed by atoms with E-state index in [-0.39, 0.29) is 5.92 Å². The van der Waals surface area contributed by atoms with Crippen molar-refractivity contribution in [2.45, 2.75) is 33.1 Å². The van der Waals surface area contributed by atoms with Crippen LogP contribution >= 0.6 is 0 Å². The van der Waals surface area contributed by atoms with Gasteiger partial charge in [-0.05, 0) is 30.6 Å². The predicted molar refractivity (Wildman–Crippen MR) is 64.8 cm³/mol. The third-order valence-electron chi connectivity index (χ3n) is 4.41. The van der Waals surface area contributed by atoms with E-state index in [0.717, 1.165) is 24.9 Å². The average molecular weight is 224 g/mol. The molecule has 0 bridgehead atoms. The molecule has 3 unspecified atom stereocenters. The Kier molecular flexibility index (Phi) is 3.53. The van der Waals surface area contributed by atoms with Gasteiger partial charge in [0.1, 0.15) is 0 Å². The highest BCUT2D eigenvalue weighted by molar-refractivity contribution is 5.79. The van der Waals surface area contributed by atoms with Crippen molar-refractivity contribution in [1.82, 2.24) is 4.90 Å². The molecule has 3 nitrogen and oxygen atoms in total. The number of hydrogen-bond donors (Lipinski definition) is 1. The molecule has 0 aromatic heterocycles. The molecule has 1 saturated carbocycles. The maximum Gasteiger partial charge on any atom is 0.227 e. The van der Waals surface area contributed by atoms with Gasteiger partial charge in [0, 0.05) is 19.6 Å². The summed E-state index contributed by atoms with van der Waals surface area (Å²) < 4.78 is 0. The highest BCUT2D eigenvalue weighted by Crippen LogP contribution is 2.38. The van der Waals surface area contributed by atoms with E-state index >= 15 is 0 Å². The van der Waals surface area contributed by atoms with Crippen LogP contribution in [-0.4, -0.2) is 30.4 Å². The van der Waals surface area contributed by atoms with Crippen LogP contribution in [0.3, 0.4) is 0 Å². The summed E-state index contributed by atoms with van der Waals surface area (Å²) in [5.74, 6) is 2.26. The summed E-state index contributed by atoms with van der Waals surface area (Å²) in [6, 6.07) is 0. The first-order valence-electron chi connectivity index (χ1n) is 6.62. The number of carbonyl (C=O) groups is 1. The average Bonchev–Trinajstić information content (AvgIpc) is 2.76. The Balaban J connectivity index is 1.96. The molecule has 2 fully saturated rings. The first-order chi connectivity index (χ1) is 7.63. The number of amides is 1. The normalized spacial score (nSPS) is 30.9. The van der Waals surface area contributed by atoms with E-state index in [2.05, 4.69) is 18.7 Å². The second kappa shape index (κ2) is 4.74. The van der Waals surface area contributed by atoms with E-state index < -0.39 is 0 Å². The Hall–Kier alpha value is -0.570. The van der Waals surface area contributed by atoms with E-state index in [1.165, 1.54) is 19.3 Å². The van der Waals surface area contributed by atoms with Gasteiger partial charge in [-0.15, -0.1) is 0 Å². The predicted octanol–water partition coefficient (Wildman–Crippen LogP) is 1.48. The first-order valence-corrected chi connectivity index (χ1v) is 6.62. The van der Waals surface area contributed by atoms with Gasteiger partial charge in [-0.3, -0.25) is 4.79 Å². The number of hydrogen-bond acceptors (Lipinski definition) is 2. The minimum Gasteiger partial charge on any atom is -0.342 e. The monoisotopic (exact) mass is 224 g/mol. The van der Waals surface area contributed by atoms with Crippen molar-refractivity contribution in [3.63, 3.8) is 0 Å². The van der Waals surface area contributed by atoms with E-state index in [9.17, 15) is 4.79 Å². The number of fused-ring (bicyclic) bond motifs is 1. The summed E-state index contributed by atoms with van der Waals surface area (Å²) in [6.45, 7) is 6.65. The van der Waals surface area contributed by atoms with Crippen molar-refractivity contribution in [3.05, 3.63) is 0 Å². The zero-order valence-corrected chi connectivity index (χ0v) is 10.5. The lowest BCUT2D eigenvalue weighted by atomic mass is 9.94. The molecule has 3 atom stereocenters. The standard InChI is InChI=1S/C13H24N2O/c1-9(2)12(6-14)13(16)15-7-10-4-3-5-11(10)8-15/h9-12H,3-8,14H2,1-2H3. The van der Waals surface area contributed by atoms with E-state index in [4.69, 9.17) is 5.73 Å². The molecule has 1 amide bonds. The lowest BCUT2D eigenvalue weighted by Crippen LogP contribution is -2.40. The molecule has 92 valence electrons. The molecule has 1 saturated heterocycles. The summed E-state index contributed by atoms with van der Waals surface area (Å²) in [7, 11) is 0. The van der Waals surface area contributed by atoms with E-state index in [1.807, 2.05) is 0 Å². The van der Waals surface area contributed by atoms with Crippen LogP contribution in [0.1, 0.15) is 33.1 Å². The Bertz CT molecular complexity index is 253. The fourth-order valence-electron chi connectivity index (χ4n) is 3.31. The second-order valence-electron chi connectivity index (χ2n) is 5.78. The summed E-state index contributed by atoms with van der Waals surface area (Å²) >= 11 is 0. The van der Waals surface area contributed by atoms with Crippen LogP contribution in [0.25, 0.3) is 0 Å². The largest absolute Gasteiger partial charge is 0.342 e. The van der Waals surface area contributed by atoms with E-state index in [0.29, 0.717) is 18.4 Å². The van der Waals surface area contributed by atoms with Crippen molar-refractivity contribution in [2.75, 3.05) is 19.6 Å². The molecule has 0 aromatic carbocycles. The number of rotatable bonds is 3. The summed E-state index contributed by atoms with van der Waals surface area (Å²) in [6.07, 6.45) is 4.01. The Morgan fingerprint density at radius 2 is 1.88 bits per heavy atom. The zero-order chi connectivity index (χ0) is 11.7. The second-order valence-corrected chi connectivity index (χ2v) is 5.78. The number of nitrogens with two attached hydrogens (primary N) is 1. The Morgan fingerprint density at radius 1 is 1.31 bits per heavy atom. The van der Waals surface area contributed by atoms with Crippen LogP contribution in [0.4, 0.5) is 0 Å². The zero-order valence-electron chi connectivity index (χ0n) is 10.5. The number of carbonyl (C=O) groups excluding carboxylic acids is 1. The van der Waals surface area contributed by atoms with Crippen molar-refractivity contribution in [1.29, 1.82) is 0 Å². The van der Waals surface area contributed by atoms with Crippen molar-refractivity contribution < 1.29 is 4.79 Å². The lowest BCUT2D eigenvalue weighted by molar-refractivity contribution is -0.135. The highest BCUT2D eigenvalue weighted by atomic mass is 16.2. The van der Waals surface area contributed by atoms with Gasteiger partial charge in [0.15, 0.2) is 0 Å². The van der Waals surface area contributed by atoms with Crippen molar-refractivity contribution in [2.24, 2.45) is 29.4 Å². The SMILES string of the molecule is CC(C)C(CN)C(=O)N1CC2CCCC2C1. The molecule has 1 aliphatic heterocycles. The minimum absolute atomic E-state index is 0.0267. The molecule has 0 spiro atoms. The van der Waals surface area contributed by atoms with Gasteiger partial charge >= 0.3 is 0 Å². The van der Waals surface area contributed by atoms with Crippen LogP contribution in [-0.2, 0) is 4.79 Å². The van der Waals surface area contributed by atoms with Crippen LogP contribution in [0, 0.1) is 23.7 Å². The summed E-state index contributed by atoms with van der Waals surface area (Å²) in [5.41, 5.74) is 5.71. The minimum atomic E-state index is 0.0267. The van der Waals surface area contributed by atoms with Gasteiger partial charge in [0.05, 0.1) is 5.92 Å². The molecular weight excluding hydrogens is 200 g/mol. The molecule has 1 aliphatic carbocycles. The van der Waals surface area contributed by atoms with E-state index in [1.54, 1.807) is 0 Å². The maximum absolute atomic E-state index is 12.3. The first kappa shape index (κ1) is 11.9. The molecule has 16 heavy (non-hydrogen) atoms. The van der Waals surface area contributed by atoms with Gasteiger partial charge in [-0.1, -0.05) is 20.3 Å². The molecule has 1 heterocycles. The third-order valence-corrected chi connectivity index (χ3v) is 4.41. The van der Waals surface area contributed by atoms with Crippen LogP contribution < -0.4 is 5.73 Å². The van der Waals surface area contributed by atoms with Crippen LogP contribution in [0.5, 0.6) is 0 Å². The Morgan fingerprint density at radius 3 is 2.31 bits per heavy atom. The molecular formula is C13H24N2O. The van der Waals surface area contributed by atoms with Crippen LogP contribution in [0.15, 0.2) is 0 Å². The number of nitrogens with zero attached hydrogens (tertiary/aromatic N) is 1. The Labute approximate surface area is 98.4 Å². The third kappa shape index (κ3) is 2.10. The van der Waals surface area contributed by atoms with Gasteiger partial charge in [0.25, 0.3) is 0 Å². The lowest BCUT2D eigenvalue weighted by Gasteiger charge is -2.25. The van der Waals surface area contributed by atoms with Crippen molar-refractivity contribution in [3.8, 4) is 0 Å². The topological polar surface area (TPSA) is 46.3 Å². The van der Waals surface area contributed by atoms with Gasteiger partial charge in [-0.25, -0.2) is 0 Å². The van der Waals surface area contributed by atoms with Gasteiger partial charge in [0.2, 0.25) is 5.91 Å². The smallest absolute Gasteiger partial charge is 0.227 e. The fourth-order valence-corrected chi connectivity index (χ4v) is 3.31. The molecule has 0 aromatic rings. The molecule has 3 heteroatoms. The van der Waals surface area contributed by atoms with Gasteiger partial charge < -0.3 is 10.6 Å². The maximum atomic E-state index is 12.3.